The summed E-state index contributed by atoms with van der Waals surface area (Å²) in [4.78, 5) is 19.3. The molecule has 4 aromatic rings. The van der Waals surface area contributed by atoms with Crippen molar-refractivity contribution < 1.29 is 4.79 Å². The summed E-state index contributed by atoms with van der Waals surface area (Å²) in [6, 6.07) is 25.0. The first-order valence-electron chi connectivity index (χ1n) is 12.6. The van der Waals surface area contributed by atoms with E-state index in [0.29, 0.717) is 11.5 Å². The third-order valence-corrected chi connectivity index (χ3v) is 7.71. The van der Waals surface area contributed by atoms with Gasteiger partial charge in [0.25, 0.3) is 5.91 Å². The number of benzene rings is 3. The molecule has 4 heteroatoms. The number of amides is 1. The normalized spacial score (nSPS) is 20.7. The Balaban J connectivity index is 1.22. The molecule has 0 aliphatic carbocycles. The molecular weight excluding hydrogens is 418 g/mol. The second-order valence-electron chi connectivity index (χ2n) is 9.81. The van der Waals surface area contributed by atoms with E-state index in [0.717, 1.165) is 28.4 Å². The maximum atomic E-state index is 13.1. The van der Waals surface area contributed by atoms with Gasteiger partial charge in [0, 0.05) is 34.4 Å². The lowest BCUT2D eigenvalue weighted by atomic mass is 9.82. The molecule has 172 valence electrons. The smallest absolute Gasteiger partial charge is 0.255 e. The first kappa shape index (κ1) is 21.2. The molecule has 3 heterocycles. The highest BCUT2D eigenvalue weighted by Gasteiger charge is 2.31. The Bertz CT molecular complexity index is 1310. The number of nitrogens with one attached hydrogen (secondary N) is 2. The molecule has 2 atom stereocenters. The lowest BCUT2D eigenvalue weighted by molar-refractivity contribution is 0.0977. The third kappa shape index (κ3) is 4.14. The van der Waals surface area contributed by atoms with Gasteiger partial charge in [-0.2, -0.15) is 0 Å². The number of H-pyrrole nitrogens is 1. The van der Waals surface area contributed by atoms with E-state index in [1.807, 2.05) is 48.5 Å². The molecule has 1 aromatic heterocycles. The number of carbonyl (C=O) groups excluding carboxylic acids is 1. The van der Waals surface area contributed by atoms with Crippen LogP contribution in [-0.2, 0) is 0 Å². The summed E-state index contributed by atoms with van der Waals surface area (Å²) in [5.74, 6) is 0.506. The van der Waals surface area contributed by atoms with Gasteiger partial charge in [-0.05, 0) is 91.7 Å². The number of anilines is 1. The molecule has 3 aromatic carbocycles. The van der Waals surface area contributed by atoms with E-state index in [9.17, 15) is 4.79 Å². The maximum absolute atomic E-state index is 13.1. The van der Waals surface area contributed by atoms with Gasteiger partial charge in [-0.1, -0.05) is 48.9 Å². The number of fused-ring (bicyclic) bond motifs is 2. The van der Waals surface area contributed by atoms with E-state index in [2.05, 4.69) is 45.7 Å². The molecule has 2 fully saturated rings. The summed E-state index contributed by atoms with van der Waals surface area (Å²) in [5, 5.41) is 4.37. The Morgan fingerprint density at radius 1 is 0.882 bits per heavy atom. The van der Waals surface area contributed by atoms with Crippen LogP contribution in [-0.4, -0.2) is 34.9 Å². The van der Waals surface area contributed by atoms with Gasteiger partial charge in [-0.3, -0.25) is 4.79 Å². The van der Waals surface area contributed by atoms with E-state index in [1.165, 1.54) is 56.1 Å². The number of hydrogen-bond donors (Lipinski definition) is 2. The number of hydrogen-bond acceptors (Lipinski definition) is 2. The first-order valence-corrected chi connectivity index (χ1v) is 12.6. The Morgan fingerprint density at radius 3 is 2.68 bits per heavy atom. The zero-order chi connectivity index (χ0) is 22.9. The second kappa shape index (κ2) is 9.11. The van der Waals surface area contributed by atoms with Crippen molar-refractivity contribution in [1.29, 1.82) is 0 Å². The maximum Gasteiger partial charge on any atom is 0.255 e. The SMILES string of the molecule is O=C(Nc1ccc2[nH]cc(C3CCN4CCCCC4C3)c2c1)c1cccc(-c2ccccc2)c1. The van der Waals surface area contributed by atoms with Crippen LogP contribution in [0.4, 0.5) is 5.69 Å². The van der Waals surface area contributed by atoms with Crippen molar-refractivity contribution in [2.75, 3.05) is 18.4 Å². The van der Waals surface area contributed by atoms with Crippen molar-refractivity contribution in [2.45, 2.75) is 44.1 Å². The number of aromatic amines is 1. The fourth-order valence-electron chi connectivity index (χ4n) is 5.90. The van der Waals surface area contributed by atoms with E-state index in [-0.39, 0.29) is 5.91 Å². The zero-order valence-corrected chi connectivity index (χ0v) is 19.5. The summed E-state index contributed by atoms with van der Waals surface area (Å²) in [5.41, 5.74) is 6.22. The topological polar surface area (TPSA) is 48.1 Å². The number of carbonyl (C=O) groups is 1. The minimum absolute atomic E-state index is 0.0790. The summed E-state index contributed by atoms with van der Waals surface area (Å²) < 4.78 is 0. The van der Waals surface area contributed by atoms with Crippen LogP contribution in [0.1, 0.15) is 53.9 Å². The molecule has 34 heavy (non-hydrogen) atoms. The Kier molecular flexibility index (Phi) is 5.68. The second-order valence-corrected chi connectivity index (χ2v) is 9.81. The van der Waals surface area contributed by atoms with Crippen molar-refractivity contribution in [1.82, 2.24) is 9.88 Å². The monoisotopic (exact) mass is 449 g/mol. The van der Waals surface area contributed by atoms with Crippen molar-refractivity contribution in [3.05, 3.63) is 90.1 Å². The van der Waals surface area contributed by atoms with Gasteiger partial charge in [-0.25, -0.2) is 0 Å². The first-order chi connectivity index (χ1) is 16.7. The number of aromatic nitrogens is 1. The zero-order valence-electron chi connectivity index (χ0n) is 19.5. The molecule has 2 unspecified atom stereocenters. The van der Waals surface area contributed by atoms with Crippen molar-refractivity contribution >= 4 is 22.5 Å². The minimum atomic E-state index is -0.0790. The van der Waals surface area contributed by atoms with Crippen LogP contribution in [0.5, 0.6) is 0 Å². The Labute approximate surface area is 201 Å². The van der Waals surface area contributed by atoms with E-state index >= 15 is 0 Å². The predicted molar refractivity (Wildman–Crippen MR) is 139 cm³/mol. The Hall–Kier alpha value is -3.37. The number of nitrogens with zero attached hydrogens (tertiary/aromatic N) is 1. The van der Waals surface area contributed by atoms with E-state index in [1.54, 1.807) is 0 Å². The van der Waals surface area contributed by atoms with Crippen molar-refractivity contribution in [3.8, 4) is 11.1 Å². The molecule has 2 N–H and O–H groups in total. The van der Waals surface area contributed by atoms with Crippen LogP contribution >= 0.6 is 0 Å². The summed E-state index contributed by atoms with van der Waals surface area (Å²) in [7, 11) is 0. The van der Waals surface area contributed by atoms with Gasteiger partial charge < -0.3 is 15.2 Å². The van der Waals surface area contributed by atoms with Crippen LogP contribution in [0.15, 0.2) is 79.0 Å². The van der Waals surface area contributed by atoms with Crippen molar-refractivity contribution in [2.24, 2.45) is 0 Å². The van der Waals surface area contributed by atoms with Crippen LogP contribution in [0.3, 0.4) is 0 Å². The molecule has 2 aliphatic heterocycles. The van der Waals surface area contributed by atoms with Gasteiger partial charge in [0.05, 0.1) is 0 Å². The average Bonchev–Trinajstić information content (AvgIpc) is 3.32. The highest BCUT2D eigenvalue weighted by atomic mass is 16.1. The summed E-state index contributed by atoms with van der Waals surface area (Å²) in [6.07, 6.45) is 8.71. The van der Waals surface area contributed by atoms with Crippen LogP contribution in [0, 0.1) is 0 Å². The van der Waals surface area contributed by atoms with Gasteiger partial charge in [-0.15, -0.1) is 0 Å². The predicted octanol–water partition coefficient (Wildman–Crippen LogP) is 6.82. The van der Waals surface area contributed by atoms with E-state index in [4.69, 9.17) is 0 Å². The Morgan fingerprint density at radius 2 is 1.76 bits per heavy atom. The standard InChI is InChI=1S/C30H31N3O/c34-30(24-10-6-9-22(17-24)21-7-2-1-3-8-21)32-25-12-13-29-27(19-25)28(20-31-29)23-14-16-33-15-5-4-11-26(33)18-23/h1-3,6-10,12-13,17,19-20,23,26,31H,4-5,11,14-16,18H2,(H,32,34). The van der Waals surface area contributed by atoms with Gasteiger partial charge in [0.15, 0.2) is 0 Å². The third-order valence-electron chi connectivity index (χ3n) is 7.71. The fourth-order valence-corrected chi connectivity index (χ4v) is 5.90. The molecule has 4 nitrogen and oxygen atoms in total. The van der Waals surface area contributed by atoms with Gasteiger partial charge in [0.1, 0.15) is 0 Å². The molecule has 0 bridgehead atoms. The molecule has 2 aliphatic rings. The molecule has 1 amide bonds. The molecule has 0 spiro atoms. The molecule has 2 saturated heterocycles. The highest BCUT2D eigenvalue weighted by molar-refractivity contribution is 6.06. The summed E-state index contributed by atoms with van der Waals surface area (Å²) >= 11 is 0. The minimum Gasteiger partial charge on any atom is -0.361 e. The molecule has 0 radical (unpaired) electrons. The average molecular weight is 450 g/mol. The largest absolute Gasteiger partial charge is 0.361 e. The quantitative estimate of drug-likeness (QED) is 0.359. The molecule has 6 rings (SSSR count). The van der Waals surface area contributed by atoms with Crippen molar-refractivity contribution in [3.63, 3.8) is 0 Å². The van der Waals surface area contributed by atoms with Crippen LogP contribution in [0.25, 0.3) is 22.0 Å². The van der Waals surface area contributed by atoms with Gasteiger partial charge >= 0.3 is 0 Å². The van der Waals surface area contributed by atoms with Gasteiger partial charge in [0.2, 0.25) is 0 Å². The number of rotatable bonds is 4. The van der Waals surface area contributed by atoms with Crippen LogP contribution < -0.4 is 5.32 Å². The highest BCUT2D eigenvalue weighted by Crippen LogP contribution is 2.39. The lowest BCUT2D eigenvalue weighted by Gasteiger charge is -2.42. The van der Waals surface area contributed by atoms with Crippen LogP contribution in [0.2, 0.25) is 0 Å². The summed E-state index contributed by atoms with van der Waals surface area (Å²) in [6.45, 7) is 2.48. The molecule has 0 saturated carbocycles. The van der Waals surface area contributed by atoms with E-state index < -0.39 is 0 Å². The molecular formula is C30H31N3O. The lowest BCUT2D eigenvalue weighted by Crippen LogP contribution is -2.44. The number of piperidine rings is 2. The fraction of sp³-hybridized carbons (Fsp3) is 0.300.